The fourth-order valence-electron chi connectivity index (χ4n) is 2.54. The van der Waals surface area contributed by atoms with Gasteiger partial charge < -0.3 is 9.67 Å². The molecule has 3 nitrogen and oxygen atoms in total. The molecule has 0 radical (unpaired) electrons. The number of nitrogens with zero attached hydrogens (tertiary/aromatic N) is 1. The zero-order valence-corrected chi connectivity index (χ0v) is 12.4. The number of benzene rings is 2. The monoisotopic (exact) mass is 291 g/mol. The third-order valence-electron chi connectivity index (χ3n) is 3.71. The Hall–Kier alpha value is -2.81. The number of carboxylic acids is 1. The van der Waals surface area contributed by atoms with Crippen LogP contribution < -0.4 is 0 Å². The second-order valence-electron chi connectivity index (χ2n) is 5.38. The second kappa shape index (κ2) is 5.90. The van der Waals surface area contributed by atoms with Gasteiger partial charge in [-0.1, -0.05) is 36.4 Å². The molecule has 3 heteroatoms. The number of carbonyl (C=O) groups is 1. The molecule has 0 fully saturated rings. The zero-order chi connectivity index (χ0) is 15.5. The molecule has 0 saturated heterocycles. The molecular weight excluding hydrogens is 274 g/mol. The average Bonchev–Trinajstić information content (AvgIpc) is 2.90. The van der Waals surface area contributed by atoms with E-state index < -0.39 is 5.97 Å². The van der Waals surface area contributed by atoms with E-state index in [1.807, 2.05) is 36.4 Å². The summed E-state index contributed by atoms with van der Waals surface area (Å²) in [6.45, 7) is 2.43. The van der Waals surface area contributed by atoms with Crippen molar-refractivity contribution in [1.82, 2.24) is 4.57 Å². The number of hydrogen-bond donors (Lipinski definition) is 1. The summed E-state index contributed by atoms with van der Waals surface area (Å²) < 4.78 is 2.20. The van der Waals surface area contributed by atoms with Gasteiger partial charge in [0.25, 0.3) is 0 Å². The molecule has 0 unspecified atom stereocenters. The third-order valence-corrected chi connectivity index (χ3v) is 3.71. The van der Waals surface area contributed by atoms with E-state index in [4.69, 9.17) is 5.11 Å². The molecule has 0 saturated carbocycles. The molecule has 2 aromatic carbocycles. The lowest BCUT2D eigenvalue weighted by Crippen LogP contribution is -1.97. The number of carboxylic acid groups (broad SMARTS) is 1. The highest BCUT2D eigenvalue weighted by Gasteiger charge is 2.04. The third kappa shape index (κ3) is 2.93. The van der Waals surface area contributed by atoms with Crippen LogP contribution in [0.15, 0.2) is 66.4 Å². The molecule has 110 valence electrons. The fraction of sp³-hybridized carbons (Fsp3) is 0.105. The van der Waals surface area contributed by atoms with Gasteiger partial charge in [-0.2, -0.15) is 0 Å². The van der Waals surface area contributed by atoms with Crippen LogP contribution in [-0.4, -0.2) is 15.6 Å². The molecule has 1 heterocycles. The summed E-state index contributed by atoms with van der Waals surface area (Å²) in [6, 6.07) is 18.4. The van der Waals surface area contributed by atoms with Gasteiger partial charge in [-0.3, -0.25) is 0 Å². The fourth-order valence-corrected chi connectivity index (χ4v) is 2.54. The Kier molecular flexibility index (Phi) is 3.79. The molecular formula is C19H17NO2. The van der Waals surface area contributed by atoms with Gasteiger partial charge in [0.15, 0.2) is 0 Å². The maximum Gasteiger partial charge on any atom is 0.331 e. The first-order valence-electron chi connectivity index (χ1n) is 7.18. The van der Waals surface area contributed by atoms with E-state index >= 15 is 0 Å². The first kappa shape index (κ1) is 14.1. The summed E-state index contributed by atoms with van der Waals surface area (Å²) in [4.78, 5) is 10.9. The largest absolute Gasteiger partial charge is 0.478 e. The van der Waals surface area contributed by atoms with E-state index in [-0.39, 0.29) is 0 Å². The Balaban J connectivity index is 1.93. The normalized spacial score (nSPS) is 11.8. The topological polar surface area (TPSA) is 42.2 Å². The molecule has 0 aliphatic carbocycles. The van der Waals surface area contributed by atoms with Crippen molar-refractivity contribution in [3.8, 4) is 0 Å². The van der Waals surface area contributed by atoms with Gasteiger partial charge in [0.2, 0.25) is 0 Å². The lowest BCUT2D eigenvalue weighted by molar-refractivity contribution is -0.132. The predicted octanol–water partition coefficient (Wildman–Crippen LogP) is 4.18. The van der Waals surface area contributed by atoms with Gasteiger partial charge in [0, 0.05) is 29.2 Å². The molecule has 0 aliphatic heterocycles. The van der Waals surface area contributed by atoms with Crippen molar-refractivity contribution in [1.29, 1.82) is 0 Å². The maximum absolute atomic E-state index is 10.9. The minimum Gasteiger partial charge on any atom is -0.478 e. The van der Waals surface area contributed by atoms with Gasteiger partial charge in [0.1, 0.15) is 0 Å². The number of aromatic nitrogens is 1. The SMILES string of the molecule is CC(=Cc1ccc2c(ccn2Cc2ccccc2)c1)C(=O)O. The van der Waals surface area contributed by atoms with Crippen LogP contribution >= 0.6 is 0 Å². The van der Waals surface area contributed by atoms with Crippen molar-refractivity contribution < 1.29 is 9.90 Å². The smallest absolute Gasteiger partial charge is 0.331 e. The summed E-state index contributed by atoms with van der Waals surface area (Å²) in [7, 11) is 0. The van der Waals surface area contributed by atoms with Crippen molar-refractivity contribution >= 4 is 22.9 Å². The highest BCUT2D eigenvalue weighted by Crippen LogP contribution is 2.20. The average molecular weight is 291 g/mol. The second-order valence-corrected chi connectivity index (χ2v) is 5.38. The van der Waals surface area contributed by atoms with Gasteiger partial charge >= 0.3 is 5.97 Å². The Morgan fingerprint density at radius 1 is 1.14 bits per heavy atom. The first-order valence-corrected chi connectivity index (χ1v) is 7.18. The standard InChI is InChI=1S/C19H17NO2/c1-14(19(21)22)11-16-7-8-18-17(12-16)9-10-20(18)13-15-5-3-2-4-6-15/h2-12H,13H2,1H3,(H,21,22). The number of hydrogen-bond acceptors (Lipinski definition) is 1. The van der Waals surface area contributed by atoms with E-state index in [1.54, 1.807) is 13.0 Å². The molecule has 0 amide bonds. The summed E-state index contributed by atoms with van der Waals surface area (Å²) in [6.07, 6.45) is 3.76. The van der Waals surface area contributed by atoms with Crippen molar-refractivity contribution in [3.63, 3.8) is 0 Å². The first-order chi connectivity index (χ1) is 10.6. The summed E-state index contributed by atoms with van der Waals surface area (Å²) >= 11 is 0. The van der Waals surface area contributed by atoms with Gasteiger partial charge in [-0.25, -0.2) is 4.79 Å². The highest BCUT2D eigenvalue weighted by molar-refractivity contribution is 5.92. The molecule has 1 aromatic heterocycles. The molecule has 3 aromatic rings. The van der Waals surface area contributed by atoms with Crippen LogP contribution in [0.3, 0.4) is 0 Å². The Labute approximate surface area is 129 Å². The summed E-state index contributed by atoms with van der Waals surface area (Å²) in [5.74, 6) is -0.887. The lowest BCUT2D eigenvalue weighted by atomic mass is 10.1. The Morgan fingerprint density at radius 3 is 2.64 bits per heavy atom. The molecule has 1 N–H and O–H groups in total. The van der Waals surface area contributed by atoms with Crippen LogP contribution in [0.25, 0.3) is 17.0 Å². The molecule has 0 aliphatic rings. The van der Waals surface area contributed by atoms with Crippen molar-refractivity contribution in [2.45, 2.75) is 13.5 Å². The van der Waals surface area contributed by atoms with E-state index in [2.05, 4.69) is 29.0 Å². The van der Waals surface area contributed by atoms with Crippen LogP contribution in [0, 0.1) is 0 Å². The van der Waals surface area contributed by atoms with E-state index in [9.17, 15) is 4.79 Å². The molecule has 22 heavy (non-hydrogen) atoms. The van der Waals surface area contributed by atoms with Gasteiger partial charge in [-0.05, 0) is 42.3 Å². The summed E-state index contributed by atoms with van der Waals surface area (Å²) in [5.41, 5.74) is 3.65. The minimum absolute atomic E-state index is 0.336. The molecule has 0 bridgehead atoms. The van der Waals surface area contributed by atoms with Crippen LogP contribution in [0.2, 0.25) is 0 Å². The van der Waals surface area contributed by atoms with Crippen LogP contribution in [0.1, 0.15) is 18.1 Å². The quantitative estimate of drug-likeness (QED) is 0.733. The molecule has 0 atom stereocenters. The van der Waals surface area contributed by atoms with Crippen molar-refractivity contribution in [3.05, 3.63) is 77.5 Å². The van der Waals surface area contributed by atoms with E-state index in [1.165, 1.54) is 5.56 Å². The van der Waals surface area contributed by atoms with Gasteiger partial charge in [0.05, 0.1) is 0 Å². The van der Waals surface area contributed by atoms with Crippen molar-refractivity contribution in [2.75, 3.05) is 0 Å². The van der Waals surface area contributed by atoms with Crippen molar-refractivity contribution in [2.24, 2.45) is 0 Å². The Morgan fingerprint density at radius 2 is 1.91 bits per heavy atom. The number of aliphatic carboxylic acids is 1. The Bertz CT molecular complexity index is 844. The maximum atomic E-state index is 10.9. The minimum atomic E-state index is -0.887. The number of fused-ring (bicyclic) bond motifs is 1. The predicted molar refractivity (Wildman–Crippen MR) is 88.8 cm³/mol. The van der Waals surface area contributed by atoms with E-state index in [0.29, 0.717) is 5.57 Å². The number of rotatable bonds is 4. The van der Waals surface area contributed by atoms with E-state index in [0.717, 1.165) is 23.0 Å². The summed E-state index contributed by atoms with van der Waals surface area (Å²) in [5, 5.41) is 10.1. The lowest BCUT2D eigenvalue weighted by Gasteiger charge is -2.06. The zero-order valence-electron chi connectivity index (χ0n) is 12.4. The molecule has 3 rings (SSSR count). The van der Waals surface area contributed by atoms with Crippen LogP contribution in [0.4, 0.5) is 0 Å². The van der Waals surface area contributed by atoms with Crippen LogP contribution in [-0.2, 0) is 11.3 Å². The highest BCUT2D eigenvalue weighted by atomic mass is 16.4. The molecule has 0 spiro atoms. The van der Waals surface area contributed by atoms with Gasteiger partial charge in [-0.15, -0.1) is 0 Å². The van der Waals surface area contributed by atoms with Crippen LogP contribution in [0.5, 0.6) is 0 Å².